The maximum absolute atomic E-state index is 13.1. The summed E-state index contributed by atoms with van der Waals surface area (Å²) in [7, 11) is -3.04. The molecule has 5 heteroatoms. The number of hydrogen-bond donors (Lipinski definition) is 1. The Bertz CT molecular complexity index is 1430. The van der Waals surface area contributed by atoms with Gasteiger partial charge in [-0.15, -0.1) is 0 Å². The summed E-state index contributed by atoms with van der Waals surface area (Å²) in [6.45, 7) is 18.2. The summed E-state index contributed by atoms with van der Waals surface area (Å²) < 4.78 is 25.5. The minimum absolute atomic E-state index is 0.435. The fourth-order valence-electron chi connectivity index (χ4n) is 5.16. The van der Waals surface area contributed by atoms with Gasteiger partial charge in [0.15, 0.2) is 0 Å². The van der Waals surface area contributed by atoms with Crippen LogP contribution in [0.15, 0.2) is 86.0 Å². The molecule has 0 aromatic heterocycles. The second-order valence-electron chi connectivity index (χ2n) is 10.8. The molecule has 0 saturated heterocycles. The van der Waals surface area contributed by atoms with Crippen molar-refractivity contribution in [1.82, 2.24) is 0 Å². The quantitative estimate of drug-likeness (QED) is 0.184. The van der Waals surface area contributed by atoms with Gasteiger partial charge in [0, 0.05) is 0 Å². The Kier molecular flexibility index (Phi) is 9.38. The molecular weight excluding hydrogens is 527 g/mol. The fourth-order valence-corrected chi connectivity index (χ4v) is 5.94. The lowest BCUT2D eigenvalue weighted by Gasteiger charge is -2.30. The molecule has 1 N–H and O–H groups in total. The molecule has 41 heavy (non-hydrogen) atoms. The maximum Gasteiger partial charge on any atom is 0.203 e. The van der Waals surface area contributed by atoms with Gasteiger partial charge in [0.2, 0.25) is 8.03 Å². The first-order valence-electron chi connectivity index (χ1n) is 13.7. The molecule has 4 rings (SSSR count). The van der Waals surface area contributed by atoms with Crippen molar-refractivity contribution in [1.29, 1.82) is 0 Å². The van der Waals surface area contributed by atoms with E-state index in [1.807, 2.05) is 120 Å². The number of aryl methyl sites for hydroxylation is 4. The van der Waals surface area contributed by atoms with E-state index in [0.717, 1.165) is 67.1 Å². The standard InChI is InChI=1S/C36H39O4P/c1-8-28-10-14-30(15-11-28)22-39-34-24(3)18-32(19-25(34)4)36(7,41(37)38)33-20-26(5)35(27(6)21-33)40-23-31-16-12-29(9-2)13-17-31/h8-21,41H,1-2,22-23H2,3-7H3,(H,37,38). The minimum atomic E-state index is -3.04. The Morgan fingerprint density at radius 1 is 0.683 bits per heavy atom. The van der Waals surface area contributed by atoms with Gasteiger partial charge >= 0.3 is 0 Å². The SMILES string of the molecule is C=Cc1ccc(COc2c(C)cc(C(C)(c3cc(C)c(OCc4ccc(C=C)cc4)c(C)c3)[PH](=O)O)cc2C)cc1. The Balaban J connectivity index is 1.60. The van der Waals surface area contributed by atoms with Gasteiger partial charge in [-0.2, -0.15) is 0 Å². The Hall–Kier alpha value is -3.85. The van der Waals surface area contributed by atoms with Crippen LogP contribution in [0.3, 0.4) is 0 Å². The summed E-state index contributed by atoms with van der Waals surface area (Å²) in [6.07, 6.45) is 3.63. The van der Waals surface area contributed by atoms with Gasteiger partial charge in [0.1, 0.15) is 24.7 Å². The molecule has 0 saturated carbocycles. The molecule has 0 aliphatic heterocycles. The smallest absolute Gasteiger partial charge is 0.203 e. The zero-order valence-electron chi connectivity index (χ0n) is 24.6. The molecule has 0 heterocycles. The van der Waals surface area contributed by atoms with E-state index < -0.39 is 13.2 Å². The highest BCUT2D eigenvalue weighted by Crippen LogP contribution is 2.51. The van der Waals surface area contributed by atoms with E-state index in [2.05, 4.69) is 13.2 Å². The van der Waals surface area contributed by atoms with Crippen molar-refractivity contribution in [3.05, 3.63) is 142 Å². The van der Waals surface area contributed by atoms with Gasteiger partial charge in [0.05, 0.1) is 5.16 Å². The van der Waals surface area contributed by atoms with Gasteiger partial charge in [-0.05, 0) is 90.3 Å². The summed E-state index contributed by atoms with van der Waals surface area (Å²) in [5.74, 6) is 1.58. The highest BCUT2D eigenvalue weighted by atomic mass is 31.1. The lowest BCUT2D eigenvalue weighted by atomic mass is 9.87. The molecule has 4 nitrogen and oxygen atoms in total. The monoisotopic (exact) mass is 566 g/mol. The third kappa shape index (κ3) is 6.56. The van der Waals surface area contributed by atoms with Crippen LogP contribution in [-0.4, -0.2) is 4.89 Å². The van der Waals surface area contributed by atoms with E-state index in [0.29, 0.717) is 13.2 Å². The molecule has 0 amide bonds. The highest BCUT2D eigenvalue weighted by Gasteiger charge is 2.36. The average molecular weight is 567 g/mol. The molecule has 1 atom stereocenters. The van der Waals surface area contributed by atoms with Crippen molar-refractivity contribution in [2.24, 2.45) is 0 Å². The normalized spacial score (nSPS) is 12.0. The first-order valence-corrected chi connectivity index (χ1v) is 15.1. The molecule has 212 valence electrons. The number of benzene rings is 4. The zero-order valence-corrected chi connectivity index (χ0v) is 25.6. The van der Waals surface area contributed by atoms with Crippen LogP contribution in [0.1, 0.15) is 62.6 Å². The summed E-state index contributed by atoms with van der Waals surface area (Å²) in [4.78, 5) is 10.7. The van der Waals surface area contributed by atoms with Crippen LogP contribution in [0.25, 0.3) is 12.2 Å². The molecule has 0 aliphatic carbocycles. The molecule has 0 radical (unpaired) electrons. The largest absolute Gasteiger partial charge is 0.488 e. The molecule has 4 aromatic rings. The van der Waals surface area contributed by atoms with Crippen LogP contribution in [-0.2, 0) is 22.9 Å². The Labute approximate surface area is 244 Å². The van der Waals surface area contributed by atoms with E-state index in [1.165, 1.54) is 0 Å². The topological polar surface area (TPSA) is 55.8 Å². The van der Waals surface area contributed by atoms with Crippen LogP contribution < -0.4 is 9.47 Å². The minimum Gasteiger partial charge on any atom is -0.488 e. The third-order valence-corrected chi connectivity index (χ3v) is 9.13. The van der Waals surface area contributed by atoms with Gasteiger partial charge in [-0.25, -0.2) is 0 Å². The summed E-state index contributed by atoms with van der Waals surface area (Å²) in [5, 5.41) is -1.08. The zero-order chi connectivity index (χ0) is 29.7. The lowest BCUT2D eigenvalue weighted by molar-refractivity contribution is 0.301. The number of ether oxygens (including phenoxy) is 2. The van der Waals surface area contributed by atoms with E-state index >= 15 is 0 Å². The van der Waals surface area contributed by atoms with E-state index in [1.54, 1.807) is 0 Å². The first kappa shape index (κ1) is 30.1. The highest BCUT2D eigenvalue weighted by molar-refractivity contribution is 7.39. The summed E-state index contributed by atoms with van der Waals surface area (Å²) in [5.41, 5.74) is 9.52. The van der Waals surface area contributed by atoms with Gasteiger partial charge in [-0.1, -0.05) is 98.1 Å². The van der Waals surface area contributed by atoms with Crippen LogP contribution in [0.4, 0.5) is 0 Å². The second-order valence-corrected chi connectivity index (χ2v) is 12.4. The van der Waals surface area contributed by atoms with E-state index in [-0.39, 0.29) is 0 Å². The fraction of sp³-hybridized carbons (Fsp3) is 0.222. The first-order chi connectivity index (χ1) is 19.6. The second kappa shape index (κ2) is 12.8. The van der Waals surface area contributed by atoms with Gasteiger partial charge in [-0.3, -0.25) is 4.57 Å². The number of rotatable bonds is 11. The van der Waals surface area contributed by atoms with Crippen molar-refractivity contribution in [2.75, 3.05) is 0 Å². The van der Waals surface area contributed by atoms with Crippen molar-refractivity contribution in [3.8, 4) is 11.5 Å². The van der Waals surface area contributed by atoms with Gasteiger partial charge < -0.3 is 14.4 Å². The van der Waals surface area contributed by atoms with Crippen LogP contribution in [0.2, 0.25) is 0 Å². The lowest BCUT2D eigenvalue weighted by Crippen LogP contribution is -2.20. The molecular formula is C36H39O4P. The van der Waals surface area contributed by atoms with Crippen molar-refractivity contribution in [3.63, 3.8) is 0 Å². The van der Waals surface area contributed by atoms with Gasteiger partial charge in [0.25, 0.3) is 0 Å². The third-order valence-electron chi connectivity index (χ3n) is 7.70. The van der Waals surface area contributed by atoms with Crippen molar-refractivity contribution >= 4 is 20.2 Å². The molecule has 1 unspecified atom stereocenters. The molecule has 0 aliphatic rings. The van der Waals surface area contributed by atoms with Crippen molar-refractivity contribution < 1.29 is 18.9 Å². The predicted molar refractivity (Wildman–Crippen MR) is 171 cm³/mol. The predicted octanol–water partition coefficient (Wildman–Crippen LogP) is 9.09. The Morgan fingerprint density at radius 3 is 1.27 bits per heavy atom. The summed E-state index contributed by atoms with van der Waals surface area (Å²) >= 11 is 0. The average Bonchev–Trinajstić information content (AvgIpc) is 2.96. The Morgan fingerprint density at radius 2 is 1.00 bits per heavy atom. The van der Waals surface area contributed by atoms with Crippen molar-refractivity contribution in [2.45, 2.75) is 53.0 Å². The van der Waals surface area contributed by atoms with E-state index in [4.69, 9.17) is 9.47 Å². The van der Waals surface area contributed by atoms with Crippen LogP contribution in [0, 0.1) is 27.7 Å². The van der Waals surface area contributed by atoms with Crippen LogP contribution in [0.5, 0.6) is 11.5 Å². The van der Waals surface area contributed by atoms with E-state index in [9.17, 15) is 9.46 Å². The molecule has 0 spiro atoms. The molecule has 0 fully saturated rings. The van der Waals surface area contributed by atoms with Crippen LogP contribution >= 0.6 is 8.03 Å². The summed E-state index contributed by atoms with van der Waals surface area (Å²) in [6, 6.07) is 24.1. The maximum atomic E-state index is 13.1. The molecule has 4 aromatic carbocycles. The number of hydrogen-bond acceptors (Lipinski definition) is 3. The molecule has 0 bridgehead atoms.